The summed E-state index contributed by atoms with van der Waals surface area (Å²) in [6, 6.07) is 14.6. The van der Waals surface area contributed by atoms with E-state index in [1.54, 1.807) is 18.2 Å². The summed E-state index contributed by atoms with van der Waals surface area (Å²) >= 11 is 8.12. The van der Waals surface area contributed by atoms with Gasteiger partial charge in [0.15, 0.2) is 5.11 Å². The molecule has 1 saturated heterocycles. The lowest BCUT2D eigenvalue weighted by Crippen LogP contribution is -2.57. The van der Waals surface area contributed by atoms with Crippen LogP contribution in [0.3, 0.4) is 0 Å². The predicted octanol–water partition coefficient (Wildman–Crippen LogP) is 2.21. The molecule has 1 aliphatic rings. The van der Waals surface area contributed by atoms with Crippen LogP contribution in [0.4, 0.5) is 0 Å². The molecule has 2 amide bonds. The number of amides is 2. The van der Waals surface area contributed by atoms with Crippen molar-refractivity contribution in [3.63, 3.8) is 0 Å². The van der Waals surface area contributed by atoms with Crippen LogP contribution in [0.15, 0.2) is 53.0 Å². The lowest BCUT2D eigenvalue weighted by molar-refractivity contribution is -0.140. The quantitative estimate of drug-likeness (QED) is 0.495. The molecule has 3 rings (SSSR count). The first-order valence-corrected chi connectivity index (χ1v) is 8.96. The highest BCUT2D eigenvalue weighted by molar-refractivity contribution is 9.10. The molecule has 8 heteroatoms. The van der Waals surface area contributed by atoms with E-state index in [2.05, 4.69) is 26.6 Å². The van der Waals surface area contributed by atoms with E-state index < -0.39 is 23.8 Å². The maximum Gasteiger partial charge on any atom is 0.241 e. The van der Waals surface area contributed by atoms with Crippen LogP contribution in [-0.2, 0) is 16.2 Å². The Morgan fingerprint density at radius 1 is 1.12 bits per heavy atom. The number of aliphatic hydroxyl groups excluding tert-OH is 1. The molecular formula is C18H15BrN2O4S. The second-order valence-electron chi connectivity index (χ2n) is 5.69. The Morgan fingerprint density at radius 3 is 2.42 bits per heavy atom. The summed E-state index contributed by atoms with van der Waals surface area (Å²) in [6.45, 7) is 0.287. The van der Waals surface area contributed by atoms with E-state index in [1.807, 2.05) is 30.3 Å². The van der Waals surface area contributed by atoms with E-state index >= 15 is 0 Å². The van der Waals surface area contributed by atoms with Crippen LogP contribution in [0.1, 0.15) is 17.2 Å². The van der Waals surface area contributed by atoms with Gasteiger partial charge in [0.1, 0.15) is 24.4 Å². The van der Waals surface area contributed by atoms with E-state index in [0.29, 0.717) is 15.8 Å². The first kappa shape index (κ1) is 18.5. The Labute approximate surface area is 163 Å². The summed E-state index contributed by atoms with van der Waals surface area (Å²) in [7, 11) is 0. The van der Waals surface area contributed by atoms with Crippen molar-refractivity contribution < 1.29 is 19.4 Å². The minimum atomic E-state index is -1.39. The number of carbonyl (C=O) groups excluding carboxylic acids is 2. The van der Waals surface area contributed by atoms with E-state index in [-0.39, 0.29) is 11.7 Å². The third kappa shape index (κ3) is 4.09. The maximum atomic E-state index is 12.1. The number of nitrogens with one attached hydrogen (secondary N) is 2. The molecule has 0 spiro atoms. The van der Waals surface area contributed by atoms with Crippen LogP contribution in [0.25, 0.3) is 0 Å². The maximum absolute atomic E-state index is 12.1. The Morgan fingerprint density at radius 2 is 1.77 bits per heavy atom. The summed E-state index contributed by atoms with van der Waals surface area (Å²) in [5, 5.41) is 15.3. The Kier molecular flexibility index (Phi) is 5.65. The molecule has 1 fully saturated rings. The molecule has 2 aromatic rings. The van der Waals surface area contributed by atoms with Gasteiger partial charge in [-0.1, -0.05) is 46.3 Å². The SMILES string of the molecule is O=C1NC(=S)NC(=O)C1C(O)c1cc(Br)ccc1OCc1ccccc1. The van der Waals surface area contributed by atoms with Gasteiger partial charge in [0.25, 0.3) is 0 Å². The Balaban J connectivity index is 1.86. The van der Waals surface area contributed by atoms with E-state index in [9.17, 15) is 14.7 Å². The van der Waals surface area contributed by atoms with Gasteiger partial charge in [0.05, 0.1) is 0 Å². The van der Waals surface area contributed by atoms with Crippen LogP contribution >= 0.6 is 28.1 Å². The molecule has 1 heterocycles. The summed E-state index contributed by atoms with van der Waals surface area (Å²) in [5.41, 5.74) is 1.28. The lowest BCUT2D eigenvalue weighted by atomic mass is 9.92. The van der Waals surface area contributed by atoms with Gasteiger partial charge in [-0.3, -0.25) is 9.59 Å². The molecule has 3 N–H and O–H groups in total. The van der Waals surface area contributed by atoms with Crippen LogP contribution in [0, 0.1) is 5.92 Å². The highest BCUT2D eigenvalue weighted by Crippen LogP contribution is 2.34. The summed E-state index contributed by atoms with van der Waals surface area (Å²) in [6.07, 6.45) is -1.39. The standard InChI is InChI=1S/C18H15BrN2O4S/c19-11-6-7-13(25-9-10-4-2-1-3-5-10)12(8-11)15(22)14-16(23)20-18(26)21-17(14)24/h1-8,14-15,22H,9H2,(H2,20,21,23,24,26). The number of hydrogen-bond acceptors (Lipinski definition) is 5. The van der Waals surface area contributed by atoms with Gasteiger partial charge in [-0.25, -0.2) is 0 Å². The fourth-order valence-electron chi connectivity index (χ4n) is 2.61. The molecular weight excluding hydrogens is 420 g/mol. The number of thiocarbonyl (C=S) groups is 1. The highest BCUT2D eigenvalue weighted by Gasteiger charge is 2.40. The minimum Gasteiger partial charge on any atom is -0.489 e. The zero-order valence-corrected chi connectivity index (χ0v) is 15.8. The Hall–Kier alpha value is -2.29. The topological polar surface area (TPSA) is 87.7 Å². The predicted molar refractivity (Wildman–Crippen MR) is 102 cm³/mol. The molecule has 134 valence electrons. The number of halogens is 1. The molecule has 0 saturated carbocycles. The molecule has 0 radical (unpaired) electrons. The van der Waals surface area contributed by atoms with Crippen molar-refractivity contribution in [1.29, 1.82) is 0 Å². The fourth-order valence-corrected chi connectivity index (χ4v) is 3.19. The molecule has 1 aliphatic heterocycles. The van der Waals surface area contributed by atoms with Crippen LogP contribution in [0.5, 0.6) is 5.75 Å². The minimum absolute atomic E-state index is 0.0711. The third-order valence-corrected chi connectivity index (χ3v) is 4.58. The number of carbonyl (C=O) groups is 2. The summed E-state index contributed by atoms with van der Waals surface area (Å²) in [4.78, 5) is 24.3. The van der Waals surface area contributed by atoms with Crippen molar-refractivity contribution in [3.05, 3.63) is 64.1 Å². The van der Waals surface area contributed by atoms with Gasteiger partial charge in [-0.2, -0.15) is 0 Å². The zero-order valence-electron chi connectivity index (χ0n) is 13.4. The van der Waals surface area contributed by atoms with Crippen LogP contribution in [0.2, 0.25) is 0 Å². The van der Waals surface area contributed by atoms with Gasteiger partial charge in [0, 0.05) is 10.0 Å². The molecule has 6 nitrogen and oxygen atoms in total. The zero-order chi connectivity index (χ0) is 18.7. The number of ether oxygens (including phenoxy) is 1. The van der Waals surface area contributed by atoms with Gasteiger partial charge in [-0.05, 0) is 36.0 Å². The van der Waals surface area contributed by atoms with Crippen molar-refractivity contribution in [2.24, 2.45) is 5.92 Å². The molecule has 1 atom stereocenters. The second kappa shape index (κ2) is 7.94. The molecule has 0 bridgehead atoms. The van der Waals surface area contributed by atoms with E-state index in [0.717, 1.165) is 5.56 Å². The molecule has 26 heavy (non-hydrogen) atoms. The first-order chi connectivity index (χ1) is 12.5. The van der Waals surface area contributed by atoms with Crippen molar-refractivity contribution in [3.8, 4) is 5.75 Å². The van der Waals surface area contributed by atoms with E-state index in [4.69, 9.17) is 17.0 Å². The average Bonchev–Trinajstić information content (AvgIpc) is 2.60. The monoisotopic (exact) mass is 434 g/mol. The molecule has 2 aromatic carbocycles. The highest BCUT2D eigenvalue weighted by atomic mass is 79.9. The molecule has 0 aliphatic carbocycles. The van der Waals surface area contributed by atoms with Crippen LogP contribution in [-0.4, -0.2) is 22.0 Å². The first-order valence-electron chi connectivity index (χ1n) is 7.75. The summed E-state index contributed by atoms with van der Waals surface area (Å²) < 4.78 is 6.50. The normalized spacial score (nSPS) is 16.0. The second-order valence-corrected chi connectivity index (χ2v) is 7.01. The fraction of sp³-hybridized carbons (Fsp3) is 0.167. The van der Waals surface area contributed by atoms with Crippen molar-refractivity contribution in [1.82, 2.24) is 10.6 Å². The summed E-state index contributed by atoms with van der Waals surface area (Å²) in [5.74, 6) is -2.24. The number of hydrogen-bond donors (Lipinski definition) is 3. The van der Waals surface area contributed by atoms with Crippen molar-refractivity contribution >= 4 is 45.1 Å². The average molecular weight is 435 g/mol. The van der Waals surface area contributed by atoms with Gasteiger partial charge in [-0.15, -0.1) is 0 Å². The van der Waals surface area contributed by atoms with Crippen molar-refractivity contribution in [2.75, 3.05) is 0 Å². The van der Waals surface area contributed by atoms with Gasteiger partial charge < -0.3 is 20.5 Å². The number of benzene rings is 2. The largest absolute Gasteiger partial charge is 0.489 e. The molecule has 0 aromatic heterocycles. The molecule has 1 unspecified atom stereocenters. The third-order valence-electron chi connectivity index (χ3n) is 3.88. The lowest BCUT2D eigenvalue weighted by Gasteiger charge is -2.27. The van der Waals surface area contributed by atoms with Gasteiger partial charge in [0.2, 0.25) is 11.8 Å². The van der Waals surface area contributed by atoms with Crippen LogP contribution < -0.4 is 15.4 Å². The van der Waals surface area contributed by atoms with E-state index in [1.165, 1.54) is 0 Å². The van der Waals surface area contributed by atoms with Gasteiger partial charge >= 0.3 is 0 Å². The number of aliphatic hydroxyl groups is 1. The smallest absolute Gasteiger partial charge is 0.241 e. The Bertz CT molecular complexity index is 840. The van der Waals surface area contributed by atoms with Crippen molar-refractivity contribution in [2.45, 2.75) is 12.7 Å². The number of rotatable bonds is 5.